The summed E-state index contributed by atoms with van der Waals surface area (Å²) in [6, 6.07) is 8.19. The summed E-state index contributed by atoms with van der Waals surface area (Å²) in [5, 5.41) is 9.55. The van der Waals surface area contributed by atoms with Crippen LogP contribution in [0.1, 0.15) is 51.6 Å². The quantitative estimate of drug-likeness (QED) is 0.337. The number of nitrogens with one attached hydrogen (secondary N) is 3. The standard InChI is InChI=1S/C19H30N4O2.HI/c1-5-11-21-17(24)10-12-22-18(20-4)23-15-13-19(2,3)25-16-9-7-6-8-14(15)16;/h6-9,15H,5,10-13H2,1-4H3,(H,21,24)(H2,20,22,23);1H. The Morgan fingerprint density at radius 2 is 2.00 bits per heavy atom. The van der Waals surface area contributed by atoms with Crippen molar-refractivity contribution in [1.82, 2.24) is 16.0 Å². The lowest BCUT2D eigenvalue weighted by Crippen LogP contribution is -2.45. The lowest BCUT2D eigenvalue weighted by molar-refractivity contribution is -0.120. The maximum Gasteiger partial charge on any atom is 0.221 e. The number of nitrogens with zero attached hydrogens (tertiary/aromatic N) is 1. The number of carbonyl (C=O) groups is 1. The van der Waals surface area contributed by atoms with Gasteiger partial charge in [0.25, 0.3) is 0 Å². The second-order valence-corrected chi connectivity index (χ2v) is 6.90. The van der Waals surface area contributed by atoms with Crippen LogP contribution in [0.3, 0.4) is 0 Å². The van der Waals surface area contributed by atoms with E-state index in [0.717, 1.165) is 30.7 Å². The maximum atomic E-state index is 11.7. The van der Waals surface area contributed by atoms with E-state index in [2.05, 4.69) is 40.9 Å². The molecule has 1 aliphatic heterocycles. The van der Waals surface area contributed by atoms with E-state index in [-0.39, 0.29) is 41.5 Å². The van der Waals surface area contributed by atoms with Gasteiger partial charge < -0.3 is 20.7 Å². The first kappa shape index (κ1) is 22.5. The molecular weight excluding hydrogens is 443 g/mol. The van der Waals surface area contributed by atoms with Crippen molar-refractivity contribution in [3.8, 4) is 5.75 Å². The van der Waals surface area contributed by atoms with E-state index in [1.165, 1.54) is 0 Å². The average molecular weight is 474 g/mol. The molecule has 0 spiro atoms. The van der Waals surface area contributed by atoms with Gasteiger partial charge in [-0.25, -0.2) is 0 Å². The summed E-state index contributed by atoms with van der Waals surface area (Å²) < 4.78 is 6.06. The SMILES string of the molecule is CCCNC(=O)CCNC(=NC)NC1CC(C)(C)Oc2ccccc21.I. The number of benzene rings is 1. The molecule has 1 atom stereocenters. The van der Waals surface area contributed by atoms with Gasteiger partial charge in [0.2, 0.25) is 5.91 Å². The number of ether oxygens (including phenoxy) is 1. The van der Waals surface area contributed by atoms with Crippen LogP contribution >= 0.6 is 24.0 Å². The maximum absolute atomic E-state index is 11.7. The Morgan fingerprint density at radius 3 is 2.69 bits per heavy atom. The first-order valence-corrected chi connectivity index (χ1v) is 8.97. The molecule has 1 aliphatic rings. The molecule has 6 nitrogen and oxygen atoms in total. The van der Waals surface area contributed by atoms with E-state index in [0.29, 0.717) is 18.9 Å². The van der Waals surface area contributed by atoms with Gasteiger partial charge in [0, 0.05) is 38.5 Å². The number of hydrogen-bond acceptors (Lipinski definition) is 3. The van der Waals surface area contributed by atoms with Gasteiger partial charge in [-0.1, -0.05) is 25.1 Å². The predicted molar refractivity (Wildman–Crippen MR) is 116 cm³/mol. The highest BCUT2D eigenvalue weighted by Crippen LogP contribution is 2.39. The fourth-order valence-corrected chi connectivity index (χ4v) is 2.94. The van der Waals surface area contributed by atoms with Crippen molar-refractivity contribution in [2.24, 2.45) is 4.99 Å². The van der Waals surface area contributed by atoms with E-state index >= 15 is 0 Å². The zero-order valence-corrected chi connectivity index (χ0v) is 18.4. The third kappa shape index (κ3) is 6.66. The van der Waals surface area contributed by atoms with Crippen molar-refractivity contribution >= 4 is 35.8 Å². The van der Waals surface area contributed by atoms with Crippen LogP contribution < -0.4 is 20.7 Å². The molecule has 1 amide bonds. The third-order valence-electron chi connectivity index (χ3n) is 4.13. The summed E-state index contributed by atoms with van der Waals surface area (Å²) in [5.41, 5.74) is 0.885. The zero-order chi connectivity index (χ0) is 18.3. The van der Waals surface area contributed by atoms with Gasteiger partial charge in [0.05, 0.1) is 6.04 Å². The first-order chi connectivity index (χ1) is 11.9. The molecule has 7 heteroatoms. The van der Waals surface area contributed by atoms with Crippen molar-refractivity contribution in [1.29, 1.82) is 0 Å². The average Bonchev–Trinajstić information content (AvgIpc) is 2.58. The topological polar surface area (TPSA) is 74.8 Å². The molecule has 2 rings (SSSR count). The molecule has 0 bridgehead atoms. The Balaban J connectivity index is 0.00000338. The fraction of sp³-hybridized carbons (Fsp3) is 0.579. The summed E-state index contributed by atoms with van der Waals surface area (Å²) in [7, 11) is 1.74. The first-order valence-electron chi connectivity index (χ1n) is 8.97. The molecule has 0 fully saturated rings. The number of para-hydroxylation sites is 1. The minimum atomic E-state index is -0.245. The number of hydrogen-bond donors (Lipinski definition) is 3. The van der Waals surface area contributed by atoms with Gasteiger partial charge in [-0.05, 0) is 26.3 Å². The van der Waals surface area contributed by atoms with Crippen LogP contribution in [0.25, 0.3) is 0 Å². The number of fused-ring (bicyclic) bond motifs is 1. The van der Waals surface area contributed by atoms with Gasteiger partial charge in [-0.2, -0.15) is 0 Å². The van der Waals surface area contributed by atoms with E-state index in [9.17, 15) is 4.79 Å². The zero-order valence-electron chi connectivity index (χ0n) is 16.1. The number of amides is 1. The second-order valence-electron chi connectivity index (χ2n) is 6.90. The van der Waals surface area contributed by atoms with Gasteiger partial charge in [-0.15, -0.1) is 24.0 Å². The Bertz CT molecular complexity index is 619. The Hall–Kier alpha value is -1.51. The van der Waals surface area contributed by atoms with Gasteiger partial charge in [0.15, 0.2) is 5.96 Å². The largest absolute Gasteiger partial charge is 0.487 e. The van der Waals surface area contributed by atoms with Crippen LogP contribution in [-0.4, -0.2) is 37.6 Å². The molecular formula is C19H31IN4O2. The lowest BCUT2D eigenvalue weighted by atomic mass is 9.90. The second kappa shape index (κ2) is 10.6. The molecule has 0 radical (unpaired) electrons. The van der Waals surface area contributed by atoms with Crippen LogP contribution in [0.2, 0.25) is 0 Å². The Kier molecular flexibility index (Phi) is 9.18. The summed E-state index contributed by atoms with van der Waals surface area (Å²) in [4.78, 5) is 16.0. The molecule has 1 aromatic rings. The van der Waals surface area contributed by atoms with Crippen LogP contribution in [0.15, 0.2) is 29.3 Å². The highest BCUT2D eigenvalue weighted by molar-refractivity contribution is 14.0. The molecule has 0 saturated heterocycles. The predicted octanol–water partition coefficient (Wildman–Crippen LogP) is 2.99. The lowest BCUT2D eigenvalue weighted by Gasteiger charge is -2.38. The summed E-state index contributed by atoms with van der Waals surface area (Å²) >= 11 is 0. The van der Waals surface area contributed by atoms with Crippen LogP contribution in [-0.2, 0) is 4.79 Å². The number of halogens is 1. The smallest absolute Gasteiger partial charge is 0.221 e. The molecule has 0 aromatic heterocycles. The highest BCUT2D eigenvalue weighted by atomic mass is 127. The molecule has 0 saturated carbocycles. The Labute approximate surface area is 173 Å². The molecule has 26 heavy (non-hydrogen) atoms. The van der Waals surface area contributed by atoms with E-state index in [4.69, 9.17) is 4.74 Å². The van der Waals surface area contributed by atoms with Gasteiger partial charge >= 0.3 is 0 Å². The minimum Gasteiger partial charge on any atom is -0.487 e. The van der Waals surface area contributed by atoms with Crippen molar-refractivity contribution in [3.63, 3.8) is 0 Å². The minimum absolute atomic E-state index is 0. The molecule has 3 N–H and O–H groups in total. The number of guanidine groups is 1. The third-order valence-corrected chi connectivity index (χ3v) is 4.13. The highest BCUT2D eigenvalue weighted by Gasteiger charge is 2.33. The van der Waals surface area contributed by atoms with Crippen LogP contribution in [0, 0.1) is 0 Å². The van der Waals surface area contributed by atoms with Crippen molar-refractivity contribution in [3.05, 3.63) is 29.8 Å². The van der Waals surface area contributed by atoms with Crippen molar-refractivity contribution < 1.29 is 9.53 Å². The van der Waals surface area contributed by atoms with E-state index < -0.39 is 0 Å². The molecule has 0 aliphatic carbocycles. The van der Waals surface area contributed by atoms with E-state index in [1.807, 2.05) is 25.1 Å². The summed E-state index contributed by atoms with van der Waals surface area (Å²) in [5.74, 6) is 1.66. The van der Waals surface area contributed by atoms with Crippen molar-refractivity contribution in [2.45, 2.75) is 51.7 Å². The summed E-state index contributed by atoms with van der Waals surface area (Å²) in [6.45, 7) is 7.48. The number of carbonyl (C=O) groups excluding carboxylic acids is 1. The summed E-state index contributed by atoms with van der Waals surface area (Å²) in [6.07, 6.45) is 2.21. The monoisotopic (exact) mass is 474 g/mol. The van der Waals surface area contributed by atoms with Gasteiger partial charge in [0.1, 0.15) is 11.4 Å². The molecule has 1 unspecified atom stereocenters. The molecule has 1 heterocycles. The van der Waals surface area contributed by atoms with Crippen LogP contribution in [0.5, 0.6) is 5.75 Å². The Morgan fingerprint density at radius 1 is 1.27 bits per heavy atom. The van der Waals surface area contributed by atoms with E-state index in [1.54, 1.807) is 7.05 Å². The van der Waals surface area contributed by atoms with Crippen molar-refractivity contribution in [2.75, 3.05) is 20.1 Å². The normalized spacial score (nSPS) is 18.0. The fourth-order valence-electron chi connectivity index (χ4n) is 2.94. The number of rotatable bonds is 6. The molecule has 146 valence electrons. The molecule has 1 aromatic carbocycles. The number of aliphatic imine (C=N–C) groups is 1. The van der Waals surface area contributed by atoms with Crippen LogP contribution in [0.4, 0.5) is 0 Å². The van der Waals surface area contributed by atoms with Gasteiger partial charge in [-0.3, -0.25) is 9.79 Å².